The molecule has 5 atom stereocenters. The Morgan fingerprint density at radius 2 is 2.14 bits per heavy atom. The first-order valence-electron chi connectivity index (χ1n) is 11.6. The van der Waals surface area contributed by atoms with Crippen molar-refractivity contribution in [3.8, 4) is 6.07 Å². The zero-order valence-electron chi connectivity index (χ0n) is 19.7. The van der Waals surface area contributed by atoms with Gasteiger partial charge in [-0.15, -0.1) is 0 Å². The van der Waals surface area contributed by atoms with Crippen LogP contribution in [0.1, 0.15) is 49.1 Å². The molecule has 1 aromatic carbocycles. The van der Waals surface area contributed by atoms with E-state index in [1.165, 1.54) is 54.4 Å². The molecule has 2 aliphatic heterocycles. The quantitative estimate of drug-likeness (QED) is 0.650. The van der Waals surface area contributed by atoms with Gasteiger partial charge in [0, 0.05) is 24.2 Å². The number of carbonyl (C=O) groups excluding carboxylic acids is 1. The van der Waals surface area contributed by atoms with Gasteiger partial charge in [0.15, 0.2) is 5.17 Å². The van der Waals surface area contributed by atoms with Crippen LogP contribution in [0.5, 0.6) is 0 Å². The highest BCUT2D eigenvalue weighted by molar-refractivity contribution is 8.15. The number of nitriles is 1. The van der Waals surface area contributed by atoms with E-state index in [0.717, 1.165) is 0 Å². The molecule has 5 rings (SSSR count). The molecule has 0 unspecified atom stereocenters. The molecule has 36 heavy (non-hydrogen) atoms. The van der Waals surface area contributed by atoms with Gasteiger partial charge in [0.25, 0.3) is 0 Å². The molecule has 2 aromatic rings. The molecular formula is C26H24F3N5OS. The van der Waals surface area contributed by atoms with Crippen LogP contribution in [-0.2, 0) is 10.3 Å². The molecule has 2 fully saturated rings. The molecule has 0 spiro atoms. The topological polar surface area (TPSA) is 95.4 Å². The zero-order chi connectivity index (χ0) is 25.8. The third-order valence-corrected chi connectivity index (χ3v) is 8.76. The SMILES string of the molecule is C[C@@H]1[C@H](F)CCN1C(=O)[C@]12C[C@H]1[C@@](C)(c1cc(C=C(F)c3ccc(C#N)cn3)ccc1F)N=C(N)S2. The largest absolute Gasteiger partial charge is 0.378 e. The second kappa shape index (κ2) is 8.66. The number of benzene rings is 1. The number of nitrogens with zero attached hydrogens (tertiary/aromatic N) is 4. The highest BCUT2D eigenvalue weighted by Gasteiger charge is 2.71. The minimum atomic E-state index is -1.15. The summed E-state index contributed by atoms with van der Waals surface area (Å²) >= 11 is 1.17. The van der Waals surface area contributed by atoms with Crippen LogP contribution >= 0.6 is 11.8 Å². The number of alkyl halides is 1. The van der Waals surface area contributed by atoms with E-state index in [1.54, 1.807) is 18.7 Å². The molecule has 2 N–H and O–H groups in total. The Morgan fingerprint density at radius 1 is 1.36 bits per heavy atom. The number of nitrogens with two attached hydrogens (primary N) is 1. The fourth-order valence-corrected chi connectivity index (χ4v) is 6.76. The van der Waals surface area contributed by atoms with Crippen LogP contribution in [-0.4, -0.2) is 44.5 Å². The summed E-state index contributed by atoms with van der Waals surface area (Å²) < 4.78 is 43.3. The van der Waals surface area contributed by atoms with Crippen LogP contribution in [0.25, 0.3) is 11.9 Å². The van der Waals surface area contributed by atoms with Crippen molar-refractivity contribution in [3.05, 3.63) is 64.7 Å². The van der Waals surface area contributed by atoms with Crippen molar-refractivity contribution in [2.45, 2.75) is 49.2 Å². The summed E-state index contributed by atoms with van der Waals surface area (Å²) in [6.07, 6.45) is 2.15. The van der Waals surface area contributed by atoms with Gasteiger partial charge in [0.1, 0.15) is 28.6 Å². The average Bonchev–Trinajstić information content (AvgIpc) is 3.52. The maximum Gasteiger partial charge on any atom is 0.240 e. The van der Waals surface area contributed by atoms with Gasteiger partial charge in [-0.1, -0.05) is 17.8 Å². The van der Waals surface area contributed by atoms with E-state index in [1.807, 2.05) is 6.07 Å². The first kappa shape index (κ1) is 24.4. The highest BCUT2D eigenvalue weighted by atomic mass is 32.2. The molecule has 1 amide bonds. The Labute approximate surface area is 211 Å². The summed E-state index contributed by atoms with van der Waals surface area (Å²) in [6.45, 7) is 3.76. The maximum absolute atomic E-state index is 15.2. The molecule has 1 saturated heterocycles. The number of carbonyl (C=O) groups is 1. The Bertz CT molecular complexity index is 1340. The van der Waals surface area contributed by atoms with Crippen molar-refractivity contribution in [1.29, 1.82) is 5.26 Å². The van der Waals surface area contributed by atoms with Crippen LogP contribution in [0.4, 0.5) is 13.2 Å². The van der Waals surface area contributed by atoms with Gasteiger partial charge in [-0.25, -0.2) is 13.2 Å². The molecule has 186 valence electrons. The number of likely N-dealkylation sites (tertiary alicyclic amines) is 1. The Kier molecular flexibility index (Phi) is 5.86. The molecular weight excluding hydrogens is 487 g/mol. The van der Waals surface area contributed by atoms with Gasteiger partial charge in [0.2, 0.25) is 5.91 Å². The molecule has 10 heteroatoms. The Hall–Kier alpha value is -3.32. The number of pyridine rings is 1. The summed E-state index contributed by atoms with van der Waals surface area (Å²) in [6, 6.07) is 8.44. The second-order valence-corrected chi connectivity index (χ2v) is 11.0. The summed E-state index contributed by atoms with van der Waals surface area (Å²) in [5, 5.41) is 9.06. The number of amidine groups is 1. The highest BCUT2D eigenvalue weighted by Crippen LogP contribution is 2.66. The molecule has 3 aliphatic rings. The van der Waals surface area contributed by atoms with E-state index < -0.39 is 34.1 Å². The van der Waals surface area contributed by atoms with Gasteiger partial charge in [0.05, 0.1) is 22.8 Å². The molecule has 1 aliphatic carbocycles. The van der Waals surface area contributed by atoms with E-state index >= 15 is 4.39 Å². The number of rotatable bonds is 4. The van der Waals surface area contributed by atoms with E-state index in [9.17, 15) is 13.6 Å². The first-order chi connectivity index (χ1) is 17.1. The van der Waals surface area contributed by atoms with E-state index in [0.29, 0.717) is 30.5 Å². The normalized spacial score (nSPS) is 31.4. The van der Waals surface area contributed by atoms with Gasteiger partial charge in [-0.05, 0) is 62.6 Å². The molecule has 6 nitrogen and oxygen atoms in total. The standard InChI is InChI=1S/C26H24F3N5OS/c1-14-18(27)7-8-34(14)23(35)26-11-22(26)25(2,33-24(31)36-26)17-9-15(3-5-19(17)28)10-20(29)21-6-4-16(12-30)13-32-21/h3-6,9-10,13-14,18,22H,7-8,11H2,1-2H3,(H2,31,33)/t14-,18-,22+,25-,26+/m1/s1. The van der Waals surface area contributed by atoms with Crippen molar-refractivity contribution >= 4 is 34.7 Å². The van der Waals surface area contributed by atoms with Gasteiger partial charge < -0.3 is 10.6 Å². The lowest BCUT2D eigenvalue weighted by molar-refractivity contribution is -0.132. The summed E-state index contributed by atoms with van der Waals surface area (Å²) in [4.78, 5) is 23.6. The zero-order valence-corrected chi connectivity index (χ0v) is 20.5. The predicted octanol–water partition coefficient (Wildman–Crippen LogP) is 4.55. The number of thioether (sulfide) groups is 1. The number of amides is 1. The molecule has 0 radical (unpaired) electrons. The molecule has 0 bridgehead atoms. The summed E-state index contributed by atoms with van der Waals surface area (Å²) in [5.74, 6) is -1.73. The maximum atomic E-state index is 15.2. The van der Waals surface area contributed by atoms with Crippen molar-refractivity contribution in [2.24, 2.45) is 16.6 Å². The van der Waals surface area contributed by atoms with Crippen LogP contribution in [0.2, 0.25) is 0 Å². The van der Waals surface area contributed by atoms with Gasteiger partial charge in [-0.2, -0.15) is 5.26 Å². The van der Waals surface area contributed by atoms with Crippen LogP contribution < -0.4 is 5.73 Å². The number of fused-ring (bicyclic) bond motifs is 1. The lowest BCUT2D eigenvalue weighted by Crippen LogP contribution is -2.48. The number of halogens is 3. The van der Waals surface area contributed by atoms with Crippen molar-refractivity contribution in [1.82, 2.24) is 9.88 Å². The molecule has 1 saturated carbocycles. The second-order valence-electron chi connectivity index (χ2n) is 9.67. The number of aromatic nitrogens is 1. The predicted molar refractivity (Wildman–Crippen MR) is 132 cm³/mol. The van der Waals surface area contributed by atoms with Crippen LogP contribution in [0.3, 0.4) is 0 Å². The minimum Gasteiger partial charge on any atom is -0.378 e. The lowest BCUT2D eigenvalue weighted by Gasteiger charge is -2.36. The minimum absolute atomic E-state index is 0.0418. The van der Waals surface area contributed by atoms with Crippen molar-refractivity contribution < 1.29 is 18.0 Å². The smallest absolute Gasteiger partial charge is 0.240 e. The van der Waals surface area contributed by atoms with Gasteiger partial charge in [-0.3, -0.25) is 14.8 Å². The first-order valence-corrected chi connectivity index (χ1v) is 12.4. The number of hydrogen-bond acceptors (Lipinski definition) is 6. The third-order valence-electron chi connectivity index (χ3n) is 7.47. The Morgan fingerprint density at radius 3 is 2.78 bits per heavy atom. The van der Waals surface area contributed by atoms with E-state index in [2.05, 4.69) is 9.98 Å². The van der Waals surface area contributed by atoms with Crippen LogP contribution in [0, 0.1) is 23.1 Å². The Balaban J connectivity index is 1.48. The fraction of sp³-hybridized carbons (Fsp3) is 0.385. The van der Waals surface area contributed by atoms with Gasteiger partial charge >= 0.3 is 0 Å². The summed E-state index contributed by atoms with van der Waals surface area (Å²) in [5.41, 5.74) is 5.95. The number of aliphatic imine (C=N–C) groups is 1. The van der Waals surface area contributed by atoms with E-state index in [4.69, 9.17) is 11.0 Å². The van der Waals surface area contributed by atoms with Crippen LogP contribution in [0.15, 0.2) is 41.5 Å². The molecule has 3 heterocycles. The van der Waals surface area contributed by atoms with E-state index in [-0.39, 0.29) is 28.3 Å². The van der Waals surface area contributed by atoms with Crippen molar-refractivity contribution in [2.75, 3.05) is 6.54 Å². The summed E-state index contributed by atoms with van der Waals surface area (Å²) in [7, 11) is 0. The van der Waals surface area contributed by atoms with Crippen molar-refractivity contribution in [3.63, 3.8) is 0 Å². The average molecular weight is 512 g/mol. The third kappa shape index (κ3) is 3.86. The molecule has 1 aromatic heterocycles. The number of hydrogen-bond donors (Lipinski definition) is 1. The fourth-order valence-electron chi connectivity index (χ4n) is 5.33. The monoisotopic (exact) mass is 511 g/mol. The lowest BCUT2D eigenvalue weighted by atomic mass is 9.84.